The summed E-state index contributed by atoms with van der Waals surface area (Å²) in [7, 11) is 1.41. The van der Waals surface area contributed by atoms with E-state index in [0.717, 1.165) is 25.0 Å². The van der Waals surface area contributed by atoms with E-state index >= 15 is 0 Å². The predicted molar refractivity (Wildman–Crippen MR) is 68.9 cm³/mol. The van der Waals surface area contributed by atoms with Crippen molar-refractivity contribution in [1.82, 2.24) is 4.98 Å². The van der Waals surface area contributed by atoms with Gasteiger partial charge in [-0.3, -0.25) is 9.78 Å². The van der Waals surface area contributed by atoms with Crippen molar-refractivity contribution in [2.45, 2.75) is 32.2 Å². The van der Waals surface area contributed by atoms with Crippen LogP contribution < -0.4 is 5.73 Å². The molecule has 0 aliphatic rings. The molecule has 5 heteroatoms. The van der Waals surface area contributed by atoms with Crippen molar-refractivity contribution >= 4 is 18.4 Å². The first-order chi connectivity index (χ1) is 7.77. The maximum absolute atomic E-state index is 10.9. The van der Waals surface area contributed by atoms with Gasteiger partial charge in [-0.2, -0.15) is 0 Å². The molecule has 0 aliphatic carbocycles. The molecule has 0 fully saturated rings. The van der Waals surface area contributed by atoms with Crippen LogP contribution in [0.25, 0.3) is 0 Å². The van der Waals surface area contributed by atoms with Gasteiger partial charge in [0.15, 0.2) is 0 Å². The van der Waals surface area contributed by atoms with Crippen LogP contribution in [0.1, 0.15) is 30.5 Å². The van der Waals surface area contributed by atoms with Gasteiger partial charge < -0.3 is 10.5 Å². The number of esters is 1. The van der Waals surface area contributed by atoms with Gasteiger partial charge >= 0.3 is 5.97 Å². The van der Waals surface area contributed by atoms with Gasteiger partial charge in [0.25, 0.3) is 0 Å². The molecule has 0 amide bonds. The number of nitrogens with zero attached hydrogens (tertiary/aromatic N) is 1. The minimum absolute atomic E-state index is 0. The summed E-state index contributed by atoms with van der Waals surface area (Å²) in [5.74, 6) is -0.148. The summed E-state index contributed by atoms with van der Waals surface area (Å²) in [4.78, 5) is 15.1. The fraction of sp³-hybridized carbons (Fsp3) is 0.500. The molecular formula is C12H19ClN2O2. The molecule has 96 valence electrons. The van der Waals surface area contributed by atoms with Crippen LogP contribution in [-0.2, 0) is 22.5 Å². The Balaban J connectivity index is 0.00000256. The maximum atomic E-state index is 10.9. The van der Waals surface area contributed by atoms with Crippen LogP contribution >= 0.6 is 12.4 Å². The molecule has 1 aromatic rings. The van der Waals surface area contributed by atoms with Gasteiger partial charge in [-0.25, -0.2) is 0 Å². The number of halogens is 1. The lowest BCUT2D eigenvalue weighted by molar-refractivity contribution is -0.140. The third kappa shape index (κ3) is 5.65. The number of unbranched alkanes of at least 4 members (excludes halogenated alkanes) is 1. The van der Waals surface area contributed by atoms with Crippen LogP contribution in [0.4, 0.5) is 0 Å². The summed E-state index contributed by atoms with van der Waals surface area (Å²) in [5, 5.41) is 0. The molecule has 1 rings (SSSR count). The Morgan fingerprint density at radius 1 is 1.47 bits per heavy atom. The number of rotatable bonds is 6. The third-order valence-electron chi connectivity index (χ3n) is 2.48. The summed E-state index contributed by atoms with van der Waals surface area (Å²) in [5.41, 5.74) is 7.71. The van der Waals surface area contributed by atoms with E-state index in [-0.39, 0.29) is 18.4 Å². The first kappa shape index (κ1) is 15.9. The molecule has 0 saturated carbocycles. The normalized spacial score (nSPS) is 9.53. The average Bonchev–Trinajstić information content (AvgIpc) is 2.34. The summed E-state index contributed by atoms with van der Waals surface area (Å²) >= 11 is 0. The summed E-state index contributed by atoms with van der Waals surface area (Å²) in [6.07, 6.45) is 4.94. The quantitative estimate of drug-likeness (QED) is 0.625. The highest BCUT2D eigenvalue weighted by atomic mass is 35.5. The molecule has 4 nitrogen and oxygen atoms in total. The zero-order valence-corrected chi connectivity index (χ0v) is 10.8. The van der Waals surface area contributed by atoms with E-state index in [2.05, 4.69) is 9.72 Å². The zero-order chi connectivity index (χ0) is 11.8. The number of ether oxygens (including phenoxy) is 1. The minimum atomic E-state index is -0.148. The van der Waals surface area contributed by atoms with E-state index in [9.17, 15) is 4.79 Å². The Morgan fingerprint density at radius 2 is 2.24 bits per heavy atom. The second-order valence-electron chi connectivity index (χ2n) is 3.60. The smallest absolute Gasteiger partial charge is 0.305 e. The summed E-state index contributed by atoms with van der Waals surface area (Å²) in [6, 6.07) is 3.95. The maximum Gasteiger partial charge on any atom is 0.305 e. The van der Waals surface area contributed by atoms with E-state index < -0.39 is 0 Å². The van der Waals surface area contributed by atoms with Crippen molar-refractivity contribution < 1.29 is 9.53 Å². The van der Waals surface area contributed by atoms with E-state index in [4.69, 9.17) is 5.73 Å². The zero-order valence-electron chi connectivity index (χ0n) is 10.0. The molecule has 0 aromatic carbocycles. The van der Waals surface area contributed by atoms with Crippen molar-refractivity contribution in [3.8, 4) is 0 Å². The van der Waals surface area contributed by atoms with Crippen LogP contribution in [0.3, 0.4) is 0 Å². The SMILES string of the molecule is COC(=O)CCCCc1cccnc1CN.Cl. The van der Waals surface area contributed by atoms with Crippen LogP contribution in [0.15, 0.2) is 18.3 Å². The third-order valence-corrected chi connectivity index (χ3v) is 2.48. The average molecular weight is 259 g/mol. The molecule has 0 spiro atoms. The van der Waals surface area contributed by atoms with Gasteiger partial charge in [-0.05, 0) is 30.9 Å². The number of hydrogen-bond acceptors (Lipinski definition) is 4. The number of carbonyl (C=O) groups excluding carboxylic acids is 1. The lowest BCUT2D eigenvalue weighted by Crippen LogP contribution is -2.05. The molecule has 1 heterocycles. The highest BCUT2D eigenvalue weighted by Crippen LogP contribution is 2.10. The van der Waals surface area contributed by atoms with Gasteiger partial charge in [0.2, 0.25) is 0 Å². The topological polar surface area (TPSA) is 65.2 Å². The predicted octanol–water partition coefficient (Wildman–Crippen LogP) is 1.85. The van der Waals surface area contributed by atoms with Crippen LogP contribution in [0.2, 0.25) is 0 Å². The van der Waals surface area contributed by atoms with Gasteiger partial charge in [0.1, 0.15) is 0 Å². The van der Waals surface area contributed by atoms with Gasteiger partial charge in [0, 0.05) is 19.2 Å². The first-order valence-electron chi connectivity index (χ1n) is 5.47. The molecule has 0 saturated heterocycles. The van der Waals surface area contributed by atoms with E-state index in [1.807, 2.05) is 12.1 Å². The van der Waals surface area contributed by atoms with Crippen molar-refractivity contribution in [2.24, 2.45) is 5.73 Å². The van der Waals surface area contributed by atoms with Gasteiger partial charge in [-0.15, -0.1) is 12.4 Å². The molecule has 2 N–H and O–H groups in total. The molecule has 0 radical (unpaired) electrons. The van der Waals surface area contributed by atoms with E-state index in [1.165, 1.54) is 12.7 Å². The molecular weight excluding hydrogens is 240 g/mol. The largest absolute Gasteiger partial charge is 0.469 e. The standard InChI is InChI=1S/C12H18N2O2.ClH/c1-16-12(15)7-3-2-5-10-6-4-8-14-11(10)9-13;/h4,6,8H,2-3,5,7,9,13H2,1H3;1H. The summed E-state index contributed by atoms with van der Waals surface area (Å²) < 4.78 is 4.58. The fourth-order valence-electron chi connectivity index (χ4n) is 1.57. The molecule has 0 aliphatic heterocycles. The van der Waals surface area contributed by atoms with Crippen LogP contribution in [-0.4, -0.2) is 18.1 Å². The number of methoxy groups -OCH3 is 1. The number of nitrogens with two attached hydrogens (primary N) is 1. The lowest BCUT2D eigenvalue weighted by Gasteiger charge is -2.05. The molecule has 0 unspecified atom stereocenters. The number of pyridine rings is 1. The molecule has 0 atom stereocenters. The summed E-state index contributed by atoms with van der Waals surface area (Å²) in [6.45, 7) is 0.465. The molecule has 17 heavy (non-hydrogen) atoms. The Hall–Kier alpha value is -1.13. The van der Waals surface area contributed by atoms with Gasteiger partial charge in [-0.1, -0.05) is 6.07 Å². The van der Waals surface area contributed by atoms with Gasteiger partial charge in [0.05, 0.1) is 12.8 Å². The highest BCUT2D eigenvalue weighted by Gasteiger charge is 2.03. The number of carbonyl (C=O) groups is 1. The Kier molecular flexibility index (Phi) is 8.36. The Morgan fingerprint density at radius 3 is 2.88 bits per heavy atom. The minimum Gasteiger partial charge on any atom is -0.469 e. The molecule has 0 bridgehead atoms. The van der Waals surface area contributed by atoms with Crippen molar-refractivity contribution in [1.29, 1.82) is 0 Å². The van der Waals surface area contributed by atoms with E-state index in [0.29, 0.717) is 13.0 Å². The fourth-order valence-corrected chi connectivity index (χ4v) is 1.57. The van der Waals surface area contributed by atoms with Crippen molar-refractivity contribution in [2.75, 3.05) is 7.11 Å². The second kappa shape index (κ2) is 8.96. The number of aromatic nitrogens is 1. The number of aryl methyl sites for hydroxylation is 1. The Bertz CT molecular complexity index is 345. The van der Waals surface area contributed by atoms with Crippen molar-refractivity contribution in [3.63, 3.8) is 0 Å². The van der Waals surface area contributed by atoms with Crippen molar-refractivity contribution in [3.05, 3.63) is 29.6 Å². The highest BCUT2D eigenvalue weighted by molar-refractivity contribution is 5.85. The van der Waals surface area contributed by atoms with Crippen LogP contribution in [0.5, 0.6) is 0 Å². The molecule has 1 aromatic heterocycles. The first-order valence-corrected chi connectivity index (χ1v) is 5.47. The monoisotopic (exact) mass is 258 g/mol. The second-order valence-corrected chi connectivity index (χ2v) is 3.60. The number of hydrogen-bond donors (Lipinski definition) is 1. The lowest BCUT2D eigenvalue weighted by atomic mass is 10.1. The Labute approximate surface area is 108 Å². The van der Waals surface area contributed by atoms with E-state index in [1.54, 1.807) is 6.20 Å². The van der Waals surface area contributed by atoms with Crippen LogP contribution in [0, 0.1) is 0 Å².